The molecule has 0 aliphatic heterocycles. The van der Waals surface area contributed by atoms with Gasteiger partial charge in [-0.25, -0.2) is 0 Å². The zero-order valence-electron chi connectivity index (χ0n) is 8.29. The SMILES string of the molecule is C/C(=C\C1(C(=O)O)CC1(C)C)CO. The van der Waals surface area contributed by atoms with E-state index in [1.807, 2.05) is 13.8 Å². The van der Waals surface area contributed by atoms with Gasteiger partial charge in [-0.2, -0.15) is 0 Å². The molecule has 2 N–H and O–H groups in total. The minimum Gasteiger partial charge on any atom is -0.481 e. The Morgan fingerprint density at radius 1 is 1.54 bits per heavy atom. The fraction of sp³-hybridized carbons (Fsp3) is 0.700. The second-order valence-electron chi connectivity index (χ2n) is 4.49. The first-order valence-corrected chi connectivity index (χ1v) is 4.38. The van der Waals surface area contributed by atoms with Crippen molar-refractivity contribution < 1.29 is 15.0 Å². The fourth-order valence-electron chi connectivity index (χ4n) is 1.79. The molecule has 0 heterocycles. The zero-order chi connectivity index (χ0) is 10.3. The first kappa shape index (κ1) is 10.3. The lowest BCUT2D eigenvalue weighted by molar-refractivity contribution is -0.142. The summed E-state index contributed by atoms with van der Waals surface area (Å²) in [5.41, 5.74) is -0.178. The van der Waals surface area contributed by atoms with Crippen molar-refractivity contribution in [2.24, 2.45) is 10.8 Å². The molecule has 3 heteroatoms. The third kappa shape index (κ3) is 1.48. The Hall–Kier alpha value is -0.830. The zero-order valence-corrected chi connectivity index (χ0v) is 8.29. The van der Waals surface area contributed by atoms with Crippen LogP contribution in [-0.4, -0.2) is 22.8 Å². The van der Waals surface area contributed by atoms with Gasteiger partial charge >= 0.3 is 5.97 Å². The molecule has 3 nitrogen and oxygen atoms in total. The number of aliphatic hydroxyl groups excluding tert-OH is 1. The summed E-state index contributed by atoms with van der Waals surface area (Å²) in [5, 5.41) is 17.9. The van der Waals surface area contributed by atoms with E-state index < -0.39 is 11.4 Å². The molecule has 13 heavy (non-hydrogen) atoms. The summed E-state index contributed by atoms with van der Waals surface area (Å²) in [6.45, 7) is 5.55. The molecule has 1 aliphatic rings. The monoisotopic (exact) mass is 184 g/mol. The van der Waals surface area contributed by atoms with Crippen LogP contribution in [0.4, 0.5) is 0 Å². The average molecular weight is 184 g/mol. The highest BCUT2D eigenvalue weighted by Crippen LogP contribution is 2.64. The molecule has 0 saturated heterocycles. The lowest BCUT2D eigenvalue weighted by atomic mass is 9.94. The minimum atomic E-state index is -0.787. The summed E-state index contributed by atoms with van der Waals surface area (Å²) in [7, 11) is 0. The van der Waals surface area contributed by atoms with Crippen LogP contribution in [0.1, 0.15) is 27.2 Å². The maximum absolute atomic E-state index is 11.0. The Morgan fingerprint density at radius 2 is 2.00 bits per heavy atom. The highest BCUT2D eigenvalue weighted by molar-refractivity contribution is 5.82. The predicted octanol–water partition coefficient (Wildman–Crippen LogP) is 1.43. The number of carbonyl (C=O) groups is 1. The van der Waals surface area contributed by atoms with E-state index in [1.54, 1.807) is 13.0 Å². The maximum Gasteiger partial charge on any atom is 0.314 e. The van der Waals surface area contributed by atoms with E-state index in [1.165, 1.54) is 0 Å². The van der Waals surface area contributed by atoms with E-state index in [0.717, 1.165) is 5.57 Å². The van der Waals surface area contributed by atoms with Crippen molar-refractivity contribution in [3.63, 3.8) is 0 Å². The van der Waals surface area contributed by atoms with E-state index in [0.29, 0.717) is 6.42 Å². The van der Waals surface area contributed by atoms with Crippen LogP contribution in [0, 0.1) is 10.8 Å². The molecule has 1 atom stereocenters. The number of rotatable bonds is 3. The van der Waals surface area contributed by atoms with E-state index in [9.17, 15) is 4.79 Å². The van der Waals surface area contributed by atoms with Crippen molar-refractivity contribution >= 4 is 5.97 Å². The summed E-state index contributed by atoms with van der Waals surface area (Å²) in [6.07, 6.45) is 2.35. The molecule has 0 bridgehead atoms. The molecule has 0 aromatic carbocycles. The molecule has 1 fully saturated rings. The smallest absolute Gasteiger partial charge is 0.314 e. The molecule has 1 aliphatic carbocycles. The van der Waals surface area contributed by atoms with Gasteiger partial charge in [-0.15, -0.1) is 0 Å². The number of carboxylic acids is 1. The third-order valence-corrected chi connectivity index (χ3v) is 2.93. The number of hydrogen-bond acceptors (Lipinski definition) is 2. The Labute approximate surface area is 78.1 Å². The normalized spacial score (nSPS) is 31.5. The van der Waals surface area contributed by atoms with Crippen LogP contribution in [-0.2, 0) is 4.79 Å². The van der Waals surface area contributed by atoms with E-state index in [-0.39, 0.29) is 12.0 Å². The van der Waals surface area contributed by atoms with Crippen LogP contribution in [0.5, 0.6) is 0 Å². The molecule has 1 saturated carbocycles. The second-order valence-corrected chi connectivity index (χ2v) is 4.49. The van der Waals surface area contributed by atoms with Gasteiger partial charge in [0.2, 0.25) is 0 Å². The van der Waals surface area contributed by atoms with E-state index >= 15 is 0 Å². The number of carboxylic acid groups (broad SMARTS) is 1. The van der Waals surface area contributed by atoms with Crippen LogP contribution in [0.2, 0.25) is 0 Å². The van der Waals surface area contributed by atoms with Gasteiger partial charge in [-0.3, -0.25) is 4.79 Å². The van der Waals surface area contributed by atoms with Gasteiger partial charge in [0.15, 0.2) is 0 Å². The largest absolute Gasteiger partial charge is 0.481 e. The summed E-state index contributed by atoms with van der Waals surface area (Å²) in [4.78, 5) is 11.0. The van der Waals surface area contributed by atoms with Gasteiger partial charge in [0.05, 0.1) is 12.0 Å². The summed E-state index contributed by atoms with van der Waals surface area (Å²) in [6, 6.07) is 0. The van der Waals surface area contributed by atoms with Crippen molar-refractivity contribution in [3.05, 3.63) is 11.6 Å². The summed E-state index contributed by atoms with van der Waals surface area (Å²) in [5.74, 6) is -0.787. The first-order chi connectivity index (χ1) is 5.85. The van der Waals surface area contributed by atoms with Gasteiger partial charge in [-0.1, -0.05) is 25.5 Å². The molecule has 0 aromatic heterocycles. The fourth-order valence-corrected chi connectivity index (χ4v) is 1.79. The molecular weight excluding hydrogens is 168 g/mol. The van der Waals surface area contributed by atoms with Crippen LogP contribution in [0.25, 0.3) is 0 Å². The van der Waals surface area contributed by atoms with Gasteiger partial charge in [0.25, 0.3) is 0 Å². The summed E-state index contributed by atoms with van der Waals surface area (Å²) >= 11 is 0. The second kappa shape index (κ2) is 2.84. The van der Waals surface area contributed by atoms with Crippen molar-refractivity contribution in [3.8, 4) is 0 Å². The molecular formula is C10H16O3. The number of hydrogen-bond donors (Lipinski definition) is 2. The van der Waals surface area contributed by atoms with Crippen molar-refractivity contribution in [2.45, 2.75) is 27.2 Å². The minimum absolute atomic E-state index is 0.0644. The quantitative estimate of drug-likeness (QED) is 0.652. The standard InChI is InChI=1S/C10H16O3/c1-7(5-11)4-10(8(12)13)6-9(10,2)3/h4,11H,5-6H2,1-3H3,(H,12,13)/b7-4+. The predicted molar refractivity (Wildman–Crippen MR) is 49.3 cm³/mol. The number of aliphatic hydroxyl groups is 1. The van der Waals surface area contributed by atoms with Crippen molar-refractivity contribution in [1.29, 1.82) is 0 Å². The van der Waals surface area contributed by atoms with Gasteiger partial charge < -0.3 is 10.2 Å². The van der Waals surface area contributed by atoms with Crippen molar-refractivity contribution in [1.82, 2.24) is 0 Å². The summed E-state index contributed by atoms with van der Waals surface area (Å²) < 4.78 is 0. The van der Waals surface area contributed by atoms with Gasteiger partial charge in [0.1, 0.15) is 0 Å². The van der Waals surface area contributed by atoms with E-state index in [2.05, 4.69) is 0 Å². The Balaban J connectivity index is 2.92. The highest BCUT2D eigenvalue weighted by Gasteiger charge is 2.65. The topological polar surface area (TPSA) is 57.5 Å². The molecule has 0 amide bonds. The number of aliphatic carboxylic acids is 1. The maximum atomic E-state index is 11.0. The average Bonchev–Trinajstić information content (AvgIpc) is 2.54. The first-order valence-electron chi connectivity index (χ1n) is 4.38. The van der Waals surface area contributed by atoms with E-state index in [4.69, 9.17) is 10.2 Å². The molecule has 74 valence electrons. The Morgan fingerprint density at radius 3 is 2.23 bits per heavy atom. The van der Waals surface area contributed by atoms with Crippen molar-refractivity contribution in [2.75, 3.05) is 6.61 Å². The van der Waals surface area contributed by atoms with Crippen LogP contribution in [0.15, 0.2) is 11.6 Å². The van der Waals surface area contributed by atoms with Gasteiger partial charge in [-0.05, 0) is 18.8 Å². The van der Waals surface area contributed by atoms with Crippen LogP contribution in [0.3, 0.4) is 0 Å². The van der Waals surface area contributed by atoms with Crippen LogP contribution < -0.4 is 0 Å². The van der Waals surface area contributed by atoms with Crippen LogP contribution >= 0.6 is 0 Å². The Kier molecular flexibility index (Phi) is 2.24. The molecule has 1 rings (SSSR count). The lowest BCUT2D eigenvalue weighted by Gasteiger charge is -2.11. The third-order valence-electron chi connectivity index (χ3n) is 2.93. The highest BCUT2D eigenvalue weighted by atomic mass is 16.4. The molecule has 0 spiro atoms. The lowest BCUT2D eigenvalue weighted by Crippen LogP contribution is -2.19. The molecule has 0 aromatic rings. The van der Waals surface area contributed by atoms with Gasteiger partial charge in [0, 0.05) is 0 Å². The molecule has 1 unspecified atom stereocenters. The Bertz CT molecular complexity index is 265. The molecule has 0 radical (unpaired) electrons.